The van der Waals surface area contributed by atoms with Crippen molar-refractivity contribution in [1.82, 2.24) is 19.9 Å². The van der Waals surface area contributed by atoms with Gasteiger partial charge in [0.2, 0.25) is 5.56 Å². The lowest BCUT2D eigenvalue weighted by atomic mass is 10.1. The number of hydrogen-bond donors (Lipinski definition) is 2. The van der Waals surface area contributed by atoms with Crippen molar-refractivity contribution in [1.29, 1.82) is 0 Å². The van der Waals surface area contributed by atoms with Crippen LogP contribution in [-0.4, -0.2) is 45.5 Å². The Morgan fingerprint density at radius 2 is 2.23 bits per heavy atom. The number of nitrogens with one attached hydrogen (secondary N) is 2. The molecular weight excluding hydrogens is 339 g/mol. The summed E-state index contributed by atoms with van der Waals surface area (Å²) in [6.07, 6.45) is 3.76. The predicted octanol–water partition coefficient (Wildman–Crippen LogP) is 1.99. The fraction of sp³-hybridized carbons (Fsp3) is 0.278. The monoisotopic (exact) mass is 356 g/mol. The first kappa shape index (κ1) is 16.5. The molecule has 26 heavy (non-hydrogen) atoms. The van der Waals surface area contributed by atoms with Crippen LogP contribution in [-0.2, 0) is 4.74 Å². The van der Waals surface area contributed by atoms with Crippen LogP contribution in [0.1, 0.15) is 28.6 Å². The highest BCUT2D eigenvalue weighted by Gasteiger charge is 2.38. The van der Waals surface area contributed by atoms with Crippen molar-refractivity contribution in [3.63, 3.8) is 0 Å². The Labute approximate surface area is 147 Å². The van der Waals surface area contributed by atoms with Crippen LogP contribution in [0.25, 0.3) is 10.9 Å². The number of methoxy groups -OCH3 is 1. The second-order valence-electron chi connectivity index (χ2n) is 6.28. The van der Waals surface area contributed by atoms with Crippen molar-refractivity contribution in [3.8, 4) is 0 Å². The minimum Gasteiger partial charge on any atom is -0.380 e. The van der Waals surface area contributed by atoms with Gasteiger partial charge in [-0.3, -0.25) is 9.59 Å². The van der Waals surface area contributed by atoms with Gasteiger partial charge in [-0.25, -0.2) is 9.37 Å². The zero-order valence-electron chi connectivity index (χ0n) is 14.0. The van der Waals surface area contributed by atoms with Gasteiger partial charge < -0.3 is 19.6 Å². The second-order valence-corrected chi connectivity index (χ2v) is 6.28. The first-order valence-corrected chi connectivity index (χ1v) is 8.22. The van der Waals surface area contributed by atoms with E-state index in [4.69, 9.17) is 4.74 Å². The number of imidazole rings is 1. The third-order valence-electron chi connectivity index (χ3n) is 4.73. The quantitative estimate of drug-likeness (QED) is 0.751. The number of benzene rings is 1. The van der Waals surface area contributed by atoms with Crippen molar-refractivity contribution >= 4 is 16.8 Å². The molecule has 7 nitrogen and oxygen atoms in total. The standard InChI is InChI=1S/C18H17FN4O3/c1-26-11-7-15(17-20-4-5-21-17)23(9-11)18(25)13-8-16(24)22-14-3-2-10(19)6-12(13)14/h2-6,8,11,15H,7,9H2,1H3,(H,20,21)(H,22,24)/t11-,15?/m1/s1. The molecule has 0 aliphatic carbocycles. The molecule has 4 rings (SSSR count). The van der Waals surface area contributed by atoms with Crippen LogP contribution in [0.5, 0.6) is 0 Å². The molecule has 1 fully saturated rings. The van der Waals surface area contributed by atoms with Crippen molar-refractivity contribution in [3.05, 3.63) is 64.2 Å². The van der Waals surface area contributed by atoms with Gasteiger partial charge in [-0.2, -0.15) is 0 Å². The number of pyridine rings is 1. The molecule has 1 saturated heterocycles. The maximum Gasteiger partial charge on any atom is 0.255 e. The van der Waals surface area contributed by atoms with Crippen molar-refractivity contribution in [2.24, 2.45) is 0 Å². The summed E-state index contributed by atoms with van der Waals surface area (Å²) in [6, 6.07) is 4.86. The summed E-state index contributed by atoms with van der Waals surface area (Å²) in [4.78, 5) is 36.7. The minimum atomic E-state index is -0.475. The number of ether oxygens (including phenoxy) is 1. The molecule has 1 aliphatic rings. The number of aromatic nitrogens is 3. The Hall–Kier alpha value is -3.00. The highest BCUT2D eigenvalue weighted by molar-refractivity contribution is 6.06. The number of likely N-dealkylation sites (tertiary alicyclic amines) is 1. The summed E-state index contributed by atoms with van der Waals surface area (Å²) >= 11 is 0. The highest BCUT2D eigenvalue weighted by atomic mass is 19.1. The molecular formula is C18H17FN4O3. The van der Waals surface area contributed by atoms with Crippen LogP contribution in [0.3, 0.4) is 0 Å². The lowest BCUT2D eigenvalue weighted by Crippen LogP contribution is -2.33. The van der Waals surface area contributed by atoms with Gasteiger partial charge >= 0.3 is 0 Å². The number of aromatic amines is 2. The highest BCUT2D eigenvalue weighted by Crippen LogP contribution is 2.33. The van der Waals surface area contributed by atoms with E-state index in [1.807, 2.05) is 0 Å². The molecule has 8 heteroatoms. The molecule has 134 valence electrons. The Morgan fingerprint density at radius 3 is 2.96 bits per heavy atom. The number of carbonyl (C=O) groups excluding carboxylic acids is 1. The summed E-state index contributed by atoms with van der Waals surface area (Å²) in [7, 11) is 1.59. The molecule has 3 heterocycles. The molecule has 2 N–H and O–H groups in total. The van der Waals surface area contributed by atoms with Gasteiger partial charge in [0.25, 0.3) is 5.91 Å². The van der Waals surface area contributed by atoms with Crippen LogP contribution in [0.15, 0.2) is 41.5 Å². The van der Waals surface area contributed by atoms with Crippen molar-refractivity contribution < 1.29 is 13.9 Å². The van der Waals surface area contributed by atoms with Gasteiger partial charge in [0.15, 0.2) is 0 Å². The molecule has 0 spiro atoms. The fourth-order valence-electron chi connectivity index (χ4n) is 3.47. The number of amides is 1. The first-order valence-electron chi connectivity index (χ1n) is 8.22. The molecule has 2 atom stereocenters. The first-order chi connectivity index (χ1) is 12.6. The van der Waals surface area contributed by atoms with E-state index in [9.17, 15) is 14.0 Å². The summed E-state index contributed by atoms with van der Waals surface area (Å²) in [6.45, 7) is 0.365. The summed E-state index contributed by atoms with van der Waals surface area (Å²) < 4.78 is 19.1. The average molecular weight is 356 g/mol. The number of fused-ring (bicyclic) bond motifs is 1. The van der Waals surface area contributed by atoms with Gasteiger partial charge in [0, 0.05) is 49.4 Å². The number of H-pyrrole nitrogens is 2. The SMILES string of the molecule is CO[C@@H]1CC(c2ncc[nH]2)N(C(=O)c2cc(=O)[nH]c3ccc(F)cc23)C1. The Bertz CT molecular complexity index is 1010. The minimum absolute atomic E-state index is 0.140. The molecule has 0 bridgehead atoms. The molecule has 2 aromatic heterocycles. The number of nitrogens with zero attached hydrogens (tertiary/aromatic N) is 2. The lowest BCUT2D eigenvalue weighted by molar-refractivity contribution is 0.0686. The van der Waals surface area contributed by atoms with Gasteiger partial charge in [0.05, 0.1) is 17.7 Å². The summed E-state index contributed by atoms with van der Waals surface area (Å²) in [5, 5.41) is 0.369. The molecule has 0 saturated carbocycles. The van der Waals surface area contributed by atoms with E-state index >= 15 is 0 Å². The zero-order valence-corrected chi connectivity index (χ0v) is 14.0. The molecule has 1 amide bonds. The second kappa shape index (κ2) is 6.38. The fourth-order valence-corrected chi connectivity index (χ4v) is 3.47. The van der Waals surface area contributed by atoms with E-state index in [0.29, 0.717) is 29.7 Å². The van der Waals surface area contributed by atoms with E-state index in [0.717, 1.165) is 0 Å². The van der Waals surface area contributed by atoms with Crippen LogP contribution in [0.4, 0.5) is 4.39 Å². The maximum atomic E-state index is 13.7. The van der Waals surface area contributed by atoms with E-state index in [-0.39, 0.29) is 23.6 Å². The predicted molar refractivity (Wildman–Crippen MR) is 92.3 cm³/mol. The zero-order chi connectivity index (χ0) is 18.3. The van der Waals surface area contributed by atoms with Crippen LogP contribution >= 0.6 is 0 Å². The van der Waals surface area contributed by atoms with Crippen molar-refractivity contribution in [2.75, 3.05) is 13.7 Å². The van der Waals surface area contributed by atoms with Gasteiger partial charge in [0.1, 0.15) is 11.6 Å². The Balaban J connectivity index is 1.80. The number of halogens is 1. The maximum absolute atomic E-state index is 13.7. The average Bonchev–Trinajstić information content (AvgIpc) is 3.29. The third kappa shape index (κ3) is 2.78. The van der Waals surface area contributed by atoms with Crippen LogP contribution < -0.4 is 5.56 Å². The van der Waals surface area contributed by atoms with E-state index in [1.165, 1.54) is 24.3 Å². The number of carbonyl (C=O) groups is 1. The number of rotatable bonds is 3. The molecule has 3 aromatic rings. The number of hydrogen-bond acceptors (Lipinski definition) is 4. The van der Waals surface area contributed by atoms with Crippen molar-refractivity contribution in [2.45, 2.75) is 18.6 Å². The smallest absolute Gasteiger partial charge is 0.255 e. The summed E-state index contributed by atoms with van der Waals surface area (Å²) in [5.74, 6) is -0.178. The van der Waals surface area contributed by atoms with E-state index in [2.05, 4.69) is 15.0 Å². The Kier molecular flexibility index (Phi) is 4.04. The van der Waals surface area contributed by atoms with Crippen LogP contribution in [0.2, 0.25) is 0 Å². The molecule has 1 aromatic carbocycles. The lowest BCUT2D eigenvalue weighted by Gasteiger charge is -2.23. The van der Waals surface area contributed by atoms with E-state index in [1.54, 1.807) is 24.4 Å². The van der Waals surface area contributed by atoms with Crippen LogP contribution in [0, 0.1) is 5.82 Å². The molecule has 1 aliphatic heterocycles. The molecule has 1 unspecified atom stereocenters. The third-order valence-corrected chi connectivity index (χ3v) is 4.73. The molecule has 0 radical (unpaired) electrons. The Morgan fingerprint density at radius 1 is 1.38 bits per heavy atom. The largest absolute Gasteiger partial charge is 0.380 e. The van der Waals surface area contributed by atoms with Gasteiger partial charge in [-0.1, -0.05) is 0 Å². The van der Waals surface area contributed by atoms with Gasteiger partial charge in [-0.05, 0) is 18.2 Å². The van der Waals surface area contributed by atoms with Gasteiger partial charge in [-0.15, -0.1) is 0 Å². The van der Waals surface area contributed by atoms with E-state index < -0.39 is 11.4 Å². The normalized spacial score (nSPS) is 20.0. The summed E-state index contributed by atoms with van der Waals surface area (Å²) in [5.41, 5.74) is 0.167. The topological polar surface area (TPSA) is 91.1 Å².